The minimum atomic E-state index is -1.37. The maximum atomic E-state index is 13.1. The van der Waals surface area contributed by atoms with Crippen molar-refractivity contribution in [2.24, 2.45) is 11.3 Å². The zero-order chi connectivity index (χ0) is 20.0. The molecule has 4 atom stereocenters. The highest BCUT2D eigenvalue weighted by Gasteiger charge is 2.62. The summed E-state index contributed by atoms with van der Waals surface area (Å²) in [6.07, 6.45) is 0.476. The molecule has 1 aromatic carbocycles. The molecule has 0 amide bonds. The van der Waals surface area contributed by atoms with Gasteiger partial charge in [0, 0.05) is 11.5 Å². The number of nitrogens with zero attached hydrogens (tertiary/aromatic N) is 1. The Morgan fingerprint density at radius 1 is 1.26 bits per heavy atom. The Morgan fingerprint density at radius 2 is 1.96 bits per heavy atom. The average Bonchev–Trinajstić information content (AvgIpc) is 2.64. The van der Waals surface area contributed by atoms with Gasteiger partial charge >= 0.3 is 5.97 Å². The second kappa shape index (κ2) is 6.51. The van der Waals surface area contributed by atoms with Crippen LogP contribution in [0.1, 0.15) is 49.0 Å². The number of benzene rings is 1. The van der Waals surface area contributed by atoms with Gasteiger partial charge < -0.3 is 14.3 Å². The van der Waals surface area contributed by atoms with Gasteiger partial charge in [0.05, 0.1) is 19.6 Å². The monoisotopic (exact) mass is 377 g/mol. The number of fused-ring (bicyclic) bond motifs is 3. The molecule has 0 aliphatic heterocycles. The quantitative estimate of drug-likeness (QED) is 0.451. The van der Waals surface area contributed by atoms with Crippen molar-refractivity contribution in [3.8, 4) is 5.75 Å². The number of Topliss-reactive ketones (excluding diaryl/α,β-unsaturated/α-hetero) is 1. The van der Waals surface area contributed by atoms with E-state index >= 15 is 0 Å². The van der Waals surface area contributed by atoms with Crippen LogP contribution in [-0.2, 0) is 19.8 Å². The molecule has 27 heavy (non-hydrogen) atoms. The van der Waals surface area contributed by atoms with E-state index in [-0.39, 0.29) is 0 Å². The van der Waals surface area contributed by atoms with Crippen molar-refractivity contribution < 1.29 is 29.0 Å². The largest absolute Gasteiger partial charge is 0.497 e. The van der Waals surface area contributed by atoms with Gasteiger partial charge in [0.1, 0.15) is 5.75 Å². The van der Waals surface area contributed by atoms with Crippen LogP contribution in [0.5, 0.6) is 5.75 Å². The van der Waals surface area contributed by atoms with Gasteiger partial charge in [-0.2, -0.15) is 0 Å². The van der Waals surface area contributed by atoms with Crippen molar-refractivity contribution >= 4 is 11.8 Å². The van der Waals surface area contributed by atoms with Gasteiger partial charge in [0.2, 0.25) is 0 Å². The van der Waals surface area contributed by atoms with Gasteiger partial charge in [-0.1, -0.05) is 13.3 Å². The van der Waals surface area contributed by atoms with E-state index in [9.17, 15) is 19.7 Å². The lowest BCUT2D eigenvalue weighted by Gasteiger charge is -2.55. The summed E-state index contributed by atoms with van der Waals surface area (Å²) < 4.78 is 10.3. The highest BCUT2D eigenvalue weighted by molar-refractivity contribution is 6.03. The van der Waals surface area contributed by atoms with Crippen LogP contribution in [0.2, 0.25) is 0 Å². The van der Waals surface area contributed by atoms with E-state index < -0.39 is 39.7 Å². The van der Waals surface area contributed by atoms with Gasteiger partial charge in [-0.05, 0) is 48.9 Å². The average molecular weight is 377 g/mol. The number of methoxy groups -OCH3 is 2. The first-order chi connectivity index (χ1) is 12.7. The Labute approximate surface area is 156 Å². The van der Waals surface area contributed by atoms with E-state index in [1.165, 1.54) is 14.2 Å². The molecule has 3 rings (SSSR count). The first-order valence-electron chi connectivity index (χ1n) is 8.81. The number of hydrogen-bond acceptors (Lipinski definition) is 7. The molecule has 2 aliphatic carbocycles. The highest BCUT2D eigenvalue weighted by atomic mass is 17.0. The third-order valence-electron chi connectivity index (χ3n) is 6.29. The minimum absolute atomic E-state index is 0.371. The SMILES string of the molecule is COC(=O)[C@@]1(C)CCCC2(C)c3cc(OC)ccc3C(=O)C(O[N+](=O)[O-])C21. The highest BCUT2D eigenvalue weighted by Crippen LogP contribution is 2.58. The Bertz CT molecular complexity index is 807. The van der Waals surface area contributed by atoms with Crippen LogP contribution in [0.25, 0.3) is 0 Å². The van der Waals surface area contributed by atoms with Crippen LogP contribution in [-0.4, -0.2) is 37.2 Å². The third kappa shape index (κ3) is 2.74. The number of esters is 1. The van der Waals surface area contributed by atoms with Gasteiger partial charge in [-0.15, -0.1) is 10.1 Å². The van der Waals surface area contributed by atoms with Crippen LogP contribution < -0.4 is 4.74 Å². The van der Waals surface area contributed by atoms with E-state index in [4.69, 9.17) is 14.3 Å². The second-order valence-corrected chi connectivity index (χ2v) is 7.68. The summed E-state index contributed by atoms with van der Waals surface area (Å²) >= 11 is 0. The summed E-state index contributed by atoms with van der Waals surface area (Å²) in [5.41, 5.74) is -0.663. The van der Waals surface area contributed by atoms with Crippen LogP contribution in [0.4, 0.5) is 0 Å². The van der Waals surface area contributed by atoms with E-state index in [1.807, 2.05) is 6.92 Å². The maximum absolute atomic E-state index is 13.1. The van der Waals surface area contributed by atoms with Crippen LogP contribution in [0, 0.1) is 21.4 Å². The molecule has 0 N–H and O–H groups in total. The number of hydrogen-bond donors (Lipinski definition) is 0. The smallest absolute Gasteiger partial charge is 0.311 e. The Morgan fingerprint density at radius 3 is 2.56 bits per heavy atom. The fraction of sp³-hybridized carbons (Fsp3) is 0.579. The molecule has 2 aliphatic rings. The zero-order valence-electron chi connectivity index (χ0n) is 15.8. The molecule has 0 heterocycles. The van der Waals surface area contributed by atoms with Gasteiger partial charge in [0.25, 0.3) is 5.09 Å². The fourth-order valence-corrected chi connectivity index (χ4v) is 5.11. The van der Waals surface area contributed by atoms with Gasteiger partial charge in [-0.25, -0.2) is 0 Å². The molecule has 8 nitrogen and oxygen atoms in total. The van der Waals surface area contributed by atoms with Gasteiger partial charge in [0.15, 0.2) is 11.9 Å². The normalized spacial score (nSPS) is 32.1. The van der Waals surface area contributed by atoms with Crippen molar-refractivity contribution in [2.45, 2.75) is 44.6 Å². The van der Waals surface area contributed by atoms with E-state index in [0.29, 0.717) is 30.6 Å². The molecule has 1 aromatic rings. The number of rotatable bonds is 4. The topological polar surface area (TPSA) is 105 Å². The standard InChI is InChI=1S/C19H23NO7/c1-18-8-5-9-19(2,17(22)26-4)16(18)15(27-20(23)24)14(21)12-7-6-11(25-3)10-13(12)18/h6-7,10,15-16H,5,8-9H2,1-4H3/t15?,16?,18?,19-/m0/s1. The number of ketones is 1. The summed E-state index contributed by atoms with van der Waals surface area (Å²) in [4.78, 5) is 41.8. The lowest BCUT2D eigenvalue weighted by molar-refractivity contribution is -0.767. The van der Waals surface area contributed by atoms with E-state index in [0.717, 1.165) is 5.56 Å². The van der Waals surface area contributed by atoms with Crippen LogP contribution in [0.3, 0.4) is 0 Å². The number of carbonyl (C=O) groups excluding carboxylic acids is 2. The Hall–Kier alpha value is -2.64. The maximum Gasteiger partial charge on any atom is 0.311 e. The molecule has 0 saturated heterocycles. The van der Waals surface area contributed by atoms with Crippen molar-refractivity contribution in [3.63, 3.8) is 0 Å². The first kappa shape index (κ1) is 19.1. The number of ether oxygens (including phenoxy) is 2. The molecule has 0 aromatic heterocycles. The molecule has 1 saturated carbocycles. The zero-order valence-corrected chi connectivity index (χ0v) is 15.8. The second-order valence-electron chi connectivity index (χ2n) is 7.68. The van der Waals surface area contributed by atoms with Gasteiger partial charge in [-0.3, -0.25) is 9.59 Å². The predicted molar refractivity (Wildman–Crippen MR) is 94.0 cm³/mol. The first-order valence-corrected chi connectivity index (χ1v) is 8.81. The molecule has 3 unspecified atom stereocenters. The Kier molecular flexibility index (Phi) is 4.61. The molecular weight excluding hydrogens is 354 g/mol. The lowest BCUT2D eigenvalue weighted by Crippen LogP contribution is -2.61. The van der Waals surface area contributed by atoms with Crippen molar-refractivity contribution in [1.29, 1.82) is 0 Å². The molecular formula is C19H23NO7. The number of carbonyl (C=O) groups is 2. The van der Waals surface area contributed by atoms with Crippen molar-refractivity contribution in [2.75, 3.05) is 14.2 Å². The predicted octanol–water partition coefficient (Wildman–Crippen LogP) is 2.71. The summed E-state index contributed by atoms with van der Waals surface area (Å²) in [7, 11) is 2.81. The summed E-state index contributed by atoms with van der Waals surface area (Å²) in [5.74, 6) is -1.14. The molecule has 146 valence electrons. The van der Waals surface area contributed by atoms with E-state index in [1.54, 1.807) is 25.1 Å². The Balaban J connectivity index is 2.27. The fourth-order valence-electron chi connectivity index (χ4n) is 5.11. The van der Waals surface area contributed by atoms with Crippen LogP contribution in [0.15, 0.2) is 18.2 Å². The van der Waals surface area contributed by atoms with Crippen molar-refractivity contribution in [1.82, 2.24) is 0 Å². The molecule has 0 radical (unpaired) electrons. The summed E-state index contributed by atoms with van der Waals surface area (Å²) in [6, 6.07) is 5.04. The van der Waals surface area contributed by atoms with Crippen LogP contribution >= 0.6 is 0 Å². The lowest BCUT2D eigenvalue weighted by atomic mass is 9.48. The molecule has 0 bridgehead atoms. The van der Waals surface area contributed by atoms with Crippen molar-refractivity contribution in [3.05, 3.63) is 39.4 Å². The summed E-state index contributed by atoms with van der Waals surface area (Å²) in [6.45, 7) is 3.63. The molecule has 8 heteroatoms. The molecule has 0 spiro atoms. The van der Waals surface area contributed by atoms with E-state index in [2.05, 4.69) is 0 Å². The third-order valence-corrected chi connectivity index (χ3v) is 6.29. The minimum Gasteiger partial charge on any atom is -0.497 e. The molecule has 1 fully saturated rings. The summed E-state index contributed by atoms with van der Waals surface area (Å²) in [5, 5.41) is 10.2.